The Hall–Kier alpha value is -2.13. The molecule has 1 heterocycles. The maximum absolute atomic E-state index is 12.3. The molecule has 2 aromatic rings. The molecule has 0 aliphatic heterocycles. The van der Waals surface area contributed by atoms with Gasteiger partial charge in [-0.2, -0.15) is 0 Å². The molecule has 1 aromatic carbocycles. The number of carbonyl (C=O) groups excluding carboxylic acids is 2. The summed E-state index contributed by atoms with van der Waals surface area (Å²) in [6.45, 7) is 1.47. The molecule has 0 radical (unpaired) electrons. The quantitative estimate of drug-likeness (QED) is 0.554. The van der Waals surface area contributed by atoms with Crippen molar-refractivity contribution in [1.29, 1.82) is 0 Å². The lowest BCUT2D eigenvalue weighted by Crippen LogP contribution is -2.36. The van der Waals surface area contributed by atoms with E-state index in [1.807, 2.05) is 24.3 Å². The smallest absolute Gasteiger partial charge is 0.230 e. The topological polar surface area (TPSA) is 96.0 Å². The predicted octanol–water partition coefficient (Wildman–Crippen LogP) is 4.56. The van der Waals surface area contributed by atoms with Crippen LogP contribution in [-0.4, -0.2) is 33.8 Å². The number of anilines is 3. The van der Waals surface area contributed by atoms with E-state index in [-0.39, 0.29) is 11.8 Å². The molecule has 0 saturated heterocycles. The minimum Gasteiger partial charge on any atom is -0.353 e. The van der Waals surface area contributed by atoms with Gasteiger partial charge in [0, 0.05) is 24.3 Å². The van der Waals surface area contributed by atoms with Crippen LogP contribution < -0.4 is 16.0 Å². The number of nitrogens with one attached hydrogen (secondary N) is 3. The van der Waals surface area contributed by atoms with Crippen LogP contribution in [-0.2, 0) is 9.59 Å². The Labute approximate surface area is 179 Å². The normalized spacial score (nSPS) is 15.2. The predicted molar refractivity (Wildman–Crippen MR) is 119 cm³/mol. The lowest BCUT2D eigenvalue weighted by Gasteiger charge is -2.20. The van der Waals surface area contributed by atoms with Crippen LogP contribution in [0.15, 0.2) is 28.6 Å². The van der Waals surface area contributed by atoms with E-state index in [9.17, 15) is 9.59 Å². The molecular formula is C20H27N5O2S2. The Morgan fingerprint density at radius 1 is 1.10 bits per heavy atom. The third kappa shape index (κ3) is 7.66. The molecule has 1 aliphatic carbocycles. The molecule has 29 heavy (non-hydrogen) atoms. The fourth-order valence-electron chi connectivity index (χ4n) is 3.32. The number of thioether (sulfide) groups is 1. The third-order valence-electron chi connectivity index (χ3n) is 4.64. The summed E-state index contributed by atoms with van der Waals surface area (Å²) in [6.07, 6.45) is 8.44. The molecule has 1 aliphatic rings. The van der Waals surface area contributed by atoms with Crippen LogP contribution in [0.3, 0.4) is 0 Å². The molecule has 1 fully saturated rings. The molecule has 1 aromatic heterocycles. The van der Waals surface area contributed by atoms with Crippen LogP contribution in [0.25, 0.3) is 0 Å². The zero-order valence-electron chi connectivity index (χ0n) is 16.6. The van der Waals surface area contributed by atoms with E-state index in [1.54, 1.807) is 0 Å². The van der Waals surface area contributed by atoms with E-state index < -0.39 is 0 Å². The lowest BCUT2D eigenvalue weighted by atomic mass is 9.97. The number of hydrogen-bond acceptors (Lipinski definition) is 7. The van der Waals surface area contributed by atoms with Gasteiger partial charge >= 0.3 is 0 Å². The molecule has 3 rings (SSSR count). The van der Waals surface area contributed by atoms with Gasteiger partial charge in [-0.25, -0.2) is 0 Å². The van der Waals surface area contributed by atoms with Crippen molar-refractivity contribution < 1.29 is 9.59 Å². The van der Waals surface area contributed by atoms with Gasteiger partial charge in [0.15, 0.2) is 4.34 Å². The van der Waals surface area contributed by atoms with Crippen molar-refractivity contribution in [2.24, 2.45) is 0 Å². The summed E-state index contributed by atoms with van der Waals surface area (Å²) in [5.41, 5.74) is 1.53. The maximum atomic E-state index is 12.3. The standard InChI is InChI=1S/C20H27N5O2S2/c1-14(26)21-16-10-7-11-17(12-16)23-19-24-25-20(29-19)28-13-18(27)22-15-8-5-3-2-4-6-9-15/h7,10-12,15H,2-6,8-9,13H2,1H3,(H,21,26)(H,22,27)(H,23,24). The number of benzene rings is 1. The monoisotopic (exact) mass is 433 g/mol. The number of aromatic nitrogens is 2. The molecule has 156 valence electrons. The van der Waals surface area contributed by atoms with Crippen LogP contribution in [0.2, 0.25) is 0 Å². The lowest BCUT2D eigenvalue weighted by molar-refractivity contribution is -0.119. The van der Waals surface area contributed by atoms with Gasteiger partial charge in [0.2, 0.25) is 16.9 Å². The van der Waals surface area contributed by atoms with Crippen LogP contribution in [0.1, 0.15) is 51.9 Å². The first kappa shape index (κ1) is 21.6. The fourth-order valence-corrected chi connectivity index (χ4v) is 4.90. The summed E-state index contributed by atoms with van der Waals surface area (Å²) in [7, 11) is 0. The minimum absolute atomic E-state index is 0.0632. The van der Waals surface area contributed by atoms with Crippen LogP contribution in [0.5, 0.6) is 0 Å². The zero-order chi connectivity index (χ0) is 20.5. The first-order valence-corrected chi connectivity index (χ1v) is 11.8. The maximum Gasteiger partial charge on any atom is 0.230 e. The Morgan fingerprint density at radius 3 is 2.59 bits per heavy atom. The highest BCUT2D eigenvalue weighted by molar-refractivity contribution is 8.01. The van der Waals surface area contributed by atoms with E-state index in [2.05, 4.69) is 26.1 Å². The van der Waals surface area contributed by atoms with E-state index in [0.717, 1.165) is 22.9 Å². The van der Waals surface area contributed by atoms with Gasteiger partial charge in [-0.3, -0.25) is 9.59 Å². The number of nitrogens with zero attached hydrogens (tertiary/aromatic N) is 2. The molecule has 9 heteroatoms. The highest BCUT2D eigenvalue weighted by Gasteiger charge is 2.15. The molecular weight excluding hydrogens is 406 g/mol. The second-order valence-electron chi connectivity index (χ2n) is 7.16. The molecule has 7 nitrogen and oxygen atoms in total. The second kappa shape index (κ2) is 11.2. The van der Waals surface area contributed by atoms with Crippen LogP contribution in [0.4, 0.5) is 16.5 Å². The van der Waals surface area contributed by atoms with Gasteiger partial charge in [0.1, 0.15) is 0 Å². The summed E-state index contributed by atoms with van der Waals surface area (Å²) < 4.78 is 0.748. The Morgan fingerprint density at radius 2 is 1.83 bits per heavy atom. The summed E-state index contributed by atoms with van der Waals surface area (Å²) in [5.74, 6) is 0.297. The number of hydrogen-bond donors (Lipinski definition) is 3. The number of amides is 2. The molecule has 0 unspecified atom stereocenters. The second-order valence-corrected chi connectivity index (χ2v) is 9.36. The van der Waals surface area contributed by atoms with E-state index >= 15 is 0 Å². The Kier molecular flexibility index (Phi) is 8.30. The summed E-state index contributed by atoms with van der Waals surface area (Å²) in [4.78, 5) is 23.5. The van der Waals surface area contributed by atoms with E-state index in [0.29, 0.717) is 22.6 Å². The van der Waals surface area contributed by atoms with Crippen molar-refractivity contribution in [2.45, 2.75) is 62.3 Å². The van der Waals surface area contributed by atoms with Crippen LogP contribution in [0, 0.1) is 0 Å². The summed E-state index contributed by atoms with van der Waals surface area (Å²) in [5, 5.41) is 18.0. The third-order valence-corrected chi connectivity index (χ3v) is 6.61. The molecule has 1 saturated carbocycles. The van der Waals surface area contributed by atoms with Gasteiger partial charge < -0.3 is 16.0 Å². The molecule has 0 atom stereocenters. The van der Waals surface area contributed by atoms with Gasteiger partial charge in [-0.1, -0.05) is 61.3 Å². The van der Waals surface area contributed by atoms with Crippen molar-refractivity contribution in [1.82, 2.24) is 15.5 Å². The molecule has 2 amide bonds. The fraction of sp³-hybridized carbons (Fsp3) is 0.500. The van der Waals surface area contributed by atoms with Gasteiger partial charge in [-0.05, 0) is 31.0 Å². The minimum atomic E-state index is -0.116. The Bertz CT molecular complexity index is 819. The SMILES string of the molecule is CC(=O)Nc1cccc(Nc2nnc(SCC(=O)NC3CCCCCCC3)s2)c1. The van der Waals surface area contributed by atoms with Crippen molar-refractivity contribution in [3.05, 3.63) is 24.3 Å². The Balaban J connectivity index is 1.46. The highest BCUT2D eigenvalue weighted by Crippen LogP contribution is 2.28. The molecule has 0 spiro atoms. The molecule has 0 bridgehead atoms. The summed E-state index contributed by atoms with van der Waals surface area (Å²) >= 11 is 2.81. The average molecular weight is 434 g/mol. The highest BCUT2D eigenvalue weighted by atomic mass is 32.2. The number of carbonyl (C=O) groups is 2. The van der Waals surface area contributed by atoms with Crippen LogP contribution >= 0.6 is 23.1 Å². The first-order valence-electron chi connectivity index (χ1n) is 9.99. The molecule has 3 N–H and O–H groups in total. The van der Waals surface area contributed by atoms with Gasteiger partial charge in [0.25, 0.3) is 0 Å². The van der Waals surface area contributed by atoms with Gasteiger partial charge in [0.05, 0.1) is 5.75 Å². The zero-order valence-corrected chi connectivity index (χ0v) is 18.2. The van der Waals surface area contributed by atoms with Crippen molar-refractivity contribution in [3.8, 4) is 0 Å². The number of rotatable bonds is 7. The first-order chi connectivity index (χ1) is 14.1. The van der Waals surface area contributed by atoms with Gasteiger partial charge in [-0.15, -0.1) is 10.2 Å². The van der Waals surface area contributed by atoms with Crippen molar-refractivity contribution in [2.75, 3.05) is 16.4 Å². The average Bonchev–Trinajstić information content (AvgIpc) is 3.09. The summed E-state index contributed by atoms with van der Waals surface area (Å²) in [6, 6.07) is 7.71. The largest absolute Gasteiger partial charge is 0.353 e. The van der Waals surface area contributed by atoms with E-state index in [1.165, 1.54) is 62.1 Å². The van der Waals surface area contributed by atoms with Crippen molar-refractivity contribution in [3.63, 3.8) is 0 Å². The van der Waals surface area contributed by atoms with Crippen molar-refractivity contribution >= 4 is 51.4 Å². The van der Waals surface area contributed by atoms with E-state index in [4.69, 9.17) is 0 Å².